The van der Waals surface area contributed by atoms with Crippen molar-refractivity contribution >= 4 is 5.91 Å². The molecular formula is C17H20FN3O. The van der Waals surface area contributed by atoms with Crippen LogP contribution in [-0.2, 0) is 23.8 Å². The molecule has 2 aromatic rings. The average molecular weight is 301 g/mol. The molecule has 4 nitrogen and oxygen atoms in total. The second-order valence-corrected chi connectivity index (χ2v) is 6.13. The Bertz CT molecular complexity index is 691. The van der Waals surface area contributed by atoms with Gasteiger partial charge < -0.3 is 4.90 Å². The summed E-state index contributed by atoms with van der Waals surface area (Å²) in [6.45, 7) is 0.518. The number of hydrogen-bond donors (Lipinski definition) is 0. The van der Waals surface area contributed by atoms with Gasteiger partial charge in [0.15, 0.2) is 0 Å². The first-order chi connectivity index (χ1) is 10.5. The summed E-state index contributed by atoms with van der Waals surface area (Å²) in [4.78, 5) is 14.7. The molecule has 0 aliphatic heterocycles. The van der Waals surface area contributed by atoms with Crippen LogP contribution in [0.3, 0.4) is 0 Å². The highest BCUT2D eigenvalue weighted by Gasteiger charge is 2.47. The minimum Gasteiger partial charge on any atom is -0.341 e. The molecule has 0 saturated heterocycles. The molecule has 0 radical (unpaired) electrons. The second-order valence-electron chi connectivity index (χ2n) is 6.13. The molecule has 1 aromatic heterocycles. The van der Waals surface area contributed by atoms with Gasteiger partial charge in [-0.25, -0.2) is 4.39 Å². The van der Waals surface area contributed by atoms with Crippen LogP contribution in [0.2, 0.25) is 0 Å². The molecule has 1 amide bonds. The molecule has 0 unspecified atom stereocenters. The molecule has 5 heteroatoms. The lowest BCUT2D eigenvalue weighted by molar-refractivity contribution is -0.140. The van der Waals surface area contributed by atoms with Crippen LogP contribution in [0.4, 0.5) is 4.39 Å². The number of hydrogen-bond acceptors (Lipinski definition) is 2. The Labute approximate surface area is 129 Å². The number of aromatic nitrogens is 2. The highest BCUT2D eigenvalue weighted by molar-refractivity contribution is 5.89. The van der Waals surface area contributed by atoms with Crippen LogP contribution in [0, 0.1) is 5.82 Å². The van der Waals surface area contributed by atoms with Crippen molar-refractivity contribution in [2.24, 2.45) is 7.05 Å². The van der Waals surface area contributed by atoms with Gasteiger partial charge in [0.1, 0.15) is 5.82 Å². The Morgan fingerprint density at radius 3 is 2.77 bits per heavy atom. The lowest BCUT2D eigenvalue weighted by Gasteiger charge is -2.43. The SMILES string of the molecule is CN(Cc1cnn(C)c1)C(=O)C1(c2cccc(F)c2)CCC1. The second kappa shape index (κ2) is 5.55. The summed E-state index contributed by atoms with van der Waals surface area (Å²) in [5.41, 5.74) is 1.23. The highest BCUT2D eigenvalue weighted by atomic mass is 19.1. The van der Waals surface area contributed by atoms with E-state index in [-0.39, 0.29) is 11.7 Å². The van der Waals surface area contributed by atoms with Gasteiger partial charge >= 0.3 is 0 Å². The van der Waals surface area contributed by atoms with E-state index in [0.29, 0.717) is 6.54 Å². The van der Waals surface area contributed by atoms with Gasteiger partial charge in [0.2, 0.25) is 5.91 Å². The lowest BCUT2D eigenvalue weighted by Crippen LogP contribution is -2.49. The van der Waals surface area contributed by atoms with Crippen molar-refractivity contribution in [2.45, 2.75) is 31.2 Å². The molecule has 0 atom stereocenters. The van der Waals surface area contributed by atoms with Crippen LogP contribution in [0.1, 0.15) is 30.4 Å². The van der Waals surface area contributed by atoms with Gasteiger partial charge in [0, 0.05) is 32.4 Å². The number of halogens is 1. The number of rotatable bonds is 4. The van der Waals surface area contributed by atoms with Crippen molar-refractivity contribution in [3.8, 4) is 0 Å². The molecule has 0 spiro atoms. The van der Waals surface area contributed by atoms with E-state index in [0.717, 1.165) is 30.4 Å². The fourth-order valence-corrected chi connectivity index (χ4v) is 3.21. The van der Waals surface area contributed by atoms with Crippen LogP contribution in [0.5, 0.6) is 0 Å². The fourth-order valence-electron chi connectivity index (χ4n) is 3.21. The predicted molar refractivity (Wildman–Crippen MR) is 81.6 cm³/mol. The largest absolute Gasteiger partial charge is 0.341 e. The third kappa shape index (κ3) is 2.51. The monoisotopic (exact) mass is 301 g/mol. The number of carbonyl (C=O) groups is 1. The zero-order valence-corrected chi connectivity index (χ0v) is 12.9. The summed E-state index contributed by atoms with van der Waals surface area (Å²) in [7, 11) is 3.65. The fraction of sp³-hybridized carbons (Fsp3) is 0.412. The molecule has 1 heterocycles. The Balaban J connectivity index is 1.82. The van der Waals surface area contributed by atoms with Crippen molar-refractivity contribution < 1.29 is 9.18 Å². The summed E-state index contributed by atoms with van der Waals surface area (Å²) in [6.07, 6.45) is 6.24. The Morgan fingerprint density at radius 2 is 2.23 bits per heavy atom. The molecule has 1 fully saturated rings. The van der Waals surface area contributed by atoms with Crippen LogP contribution in [0.15, 0.2) is 36.7 Å². The molecule has 1 saturated carbocycles. The van der Waals surface area contributed by atoms with Crippen LogP contribution < -0.4 is 0 Å². The van der Waals surface area contributed by atoms with E-state index in [2.05, 4.69) is 5.10 Å². The van der Waals surface area contributed by atoms with E-state index >= 15 is 0 Å². The smallest absolute Gasteiger partial charge is 0.233 e. The number of aryl methyl sites for hydroxylation is 1. The standard InChI is InChI=1S/C17H20FN3O/c1-20(11-13-10-19-21(2)12-13)16(22)17(7-4-8-17)14-5-3-6-15(18)9-14/h3,5-6,9-10,12H,4,7-8,11H2,1-2H3. The maximum absolute atomic E-state index is 13.5. The Morgan fingerprint density at radius 1 is 1.45 bits per heavy atom. The minimum atomic E-state index is -0.556. The van der Waals surface area contributed by atoms with E-state index in [1.165, 1.54) is 12.1 Å². The van der Waals surface area contributed by atoms with E-state index in [1.807, 2.05) is 19.3 Å². The molecule has 22 heavy (non-hydrogen) atoms. The maximum Gasteiger partial charge on any atom is 0.233 e. The molecule has 1 aliphatic rings. The average Bonchev–Trinajstić information content (AvgIpc) is 2.83. The summed E-state index contributed by atoms with van der Waals surface area (Å²) in [5, 5.41) is 4.12. The van der Waals surface area contributed by atoms with Gasteiger partial charge in [-0.15, -0.1) is 0 Å². The molecule has 116 valence electrons. The van der Waals surface area contributed by atoms with E-state index < -0.39 is 5.41 Å². The number of nitrogens with zero attached hydrogens (tertiary/aromatic N) is 3. The third-order valence-electron chi connectivity index (χ3n) is 4.52. The van der Waals surface area contributed by atoms with Crippen molar-refractivity contribution in [1.29, 1.82) is 0 Å². The summed E-state index contributed by atoms with van der Waals surface area (Å²) >= 11 is 0. The molecule has 0 N–H and O–H groups in total. The van der Waals surface area contributed by atoms with E-state index in [4.69, 9.17) is 0 Å². The van der Waals surface area contributed by atoms with Crippen LogP contribution >= 0.6 is 0 Å². The number of carbonyl (C=O) groups excluding carboxylic acids is 1. The van der Waals surface area contributed by atoms with Crippen LogP contribution in [0.25, 0.3) is 0 Å². The minimum absolute atomic E-state index is 0.0632. The molecule has 0 bridgehead atoms. The van der Waals surface area contributed by atoms with E-state index in [9.17, 15) is 9.18 Å². The number of amides is 1. The number of benzene rings is 1. The molecule has 3 rings (SSSR count). The van der Waals surface area contributed by atoms with E-state index in [1.54, 1.807) is 28.9 Å². The highest BCUT2D eigenvalue weighted by Crippen LogP contribution is 2.45. The Kier molecular flexibility index (Phi) is 3.72. The molecular weight excluding hydrogens is 281 g/mol. The summed E-state index contributed by atoms with van der Waals surface area (Å²) in [6, 6.07) is 6.45. The maximum atomic E-state index is 13.5. The molecule has 1 aromatic carbocycles. The first-order valence-corrected chi connectivity index (χ1v) is 7.50. The quantitative estimate of drug-likeness (QED) is 0.870. The normalized spacial score (nSPS) is 16.1. The van der Waals surface area contributed by atoms with Crippen molar-refractivity contribution in [2.75, 3.05) is 7.05 Å². The first kappa shape index (κ1) is 14.8. The Hall–Kier alpha value is -2.17. The van der Waals surface area contributed by atoms with Gasteiger partial charge in [-0.1, -0.05) is 18.6 Å². The zero-order chi connectivity index (χ0) is 15.7. The van der Waals surface area contributed by atoms with Gasteiger partial charge in [0.05, 0.1) is 11.6 Å². The van der Waals surface area contributed by atoms with Gasteiger partial charge in [0.25, 0.3) is 0 Å². The number of likely N-dealkylation sites (N-methyl/N-ethyl adjacent to an activating group) is 1. The van der Waals surface area contributed by atoms with Gasteiger partial charge in [-0.3, -0.25) is 9.48 Å². The van der Waals surface area contributed by atoms with Crippen molar-refractivity contribution in [3.63, 3.8) is 0 Å². The van der Waals surface area contributed by atoms with Gasteiger partial charge in [-0.05, 0) is 30.5 Å². The predicted octanol–water partition coefficient (Wildman–Crippen LogP) is 2.64. The summed E-state index contributed by atoms with van der Waals surface area (Å²) < 4.78 is 15.3. The van der Waals surface area contributed by atoms with Gasteiger partial charge in [-0.2, -0.15) is 5.10 Å². The molecule has 1 aliphatic carbocycles. The lowest BCUT2D eigenvalue weighted by atomic mass is 9.63. The third-order valence-corrected chi connectivity index (χ3v) is 4.52. The zero-order valence-electron chi connectivity index (χ0n) is 12.9. The first-order valence-electron chi connectivity index (χ1n) is 7.50. The summed E-state index contributed by atoms with van der Waals surface area (Å²) in [5.74, 6) is -0.223. The van der Waals surface area contributed by atoms with Crippen LogP contribution in [-0.4, -0.2) is 27.6 Å². The van der Waals surface area contributed by atoms with Crippen molar-refractivity contribution in [3.05, 3.63) is 53.6 Å². The topological polar surface area (TPSA) is 38.1 Å². The van der Waals surface area contributed by atoms with Crippen molar-refractivity contribution in [1.82, 2.24) is 14.7 Å².